The van der Waals surface area contributed by atoms with E-state index in [1.54, 1.807) is 6.21 Å². The van der Waals surface area contributed by atoms with E-state index in [0.717, 1.165) is 23.5 Å². The summed E-state index contributed by atoms with van der Waals surface area (Å²) in [5.74, 6) is 0. The highest BCUT2D eigenvalue weighted by molar-refractivity contribution is 7.80. The van der Waals surface area contributed by atoms with Crippen LogP contribution >= 0.6 is 23.8 Å². The van der Waals surface area contributed by atoms with Crippen LogP contribution in [0.1, 0.15) is 22.4 Å². The molecule has 0 unspecified atom stereocenters. The van der Waals surface area contributed by atoms with Gasteiger partial charge in [0.05, 0.1) is 22.6 Å². The number of benzene rings is 2. The number of aryl methyl sites for hydroxylation is 2. The van der Waals surface area contributed by atoms with Crippen molar-refractivity contribution in [1.82, 2.24) is 9.99 Å². The van der Waals surface area contributed by atoms with Crippen molar-refractivity contribution >= 4 is 40.8 Å². The summed E-state index contributed by atoms with van der Waals surface area (Å²) in [6.45, 7) is 4.86. The molecule has 138 valence electrons. The minimum Gasteiger partial charge on any atom is -0.342 e. The van der Waals surface area contributed by atoms with Gasteiger partial charge in [0.1, 0.15) is 0 Å². The second-order valence-corrected chi connectivity index (χ2v) is 7.17. The predicted molar refractivity (Wildman–Crippen MR) is 118 cm³/mol. The Hall–Kier alpha value is -2.63. The number of thiocarbonyl (C=S) groups is 1. The van der Waals surface area contributed by atoms with Crippen LogP contribution in [0.15, 0.2) is 65.9 Å². The summed E-state index contributed by atoms with van der Waals surface area (Å²) < 4.78 is 2.13. The van der Waals surface area contributed by atoms with Gasteiger partial charge in [-0.15, -0.1) is 0 Å². The van der Waals surface area contributed by atoms with Crippen molar-refractivity contribution in [3.8, 4) is 0 Å². The monoisotopic (exact) mass is 396 g/mol. The Balaban J connectivity index is 1.59. The molecule has 2 N–H and O–H groups in total. The van der Waals surface area contributed by atoms with Gasteiger partial charge >= 0.3 is 0 Å². The second-order valence-electron chi connectivity index (χ2n) is 6.35. The number of hydrogen-bond donors (Lipinski definition) is 2. The Morgan fingerprint density at radius 3 is 2.59 bits per heavy atom. The zero-order valence-electron chi connectivity index (χ0n) is 15.2. The summed E-state index contributed by atoms with van der Waals surface area (Å²) in [6, 6.07) is 18.3. The molecular weight excluding hydrogens is 376 g/mol. The van der Waals surface area contributed by atoms with Gasteiger partial charge in [-0.2, -0.15) is 5.10 Å². The van der Waals surface area contributed by atoms with Crippen molar-refractivity contribution in [2.75, 3.05) is 5.32 Å². The maximum absolute atomic E-state index is 6.20. The topological polar surface area (TPSA) is 41.4 Å². The van der Waals surface area contributed by atoms with Gasteiger partial charge < -0.3 is 9.88 Å². The van der Waals surface area contributed by atoms with Gasteiger partial charge in [0.2, 0.25) is 0 Å². The summed E-state index contributed by atoms with van der Waals surface area (Å²) >= 11 is 11.5. The van der Waals surface area contributed by atoms with Gasteiger partial charge in [0.25, 0.3) is 0 Å². The first kappa shape index (κ1) is 19.1. The number of hydrazone groups is 1. The van der Waals surface area contributed by atoms with Crippen LogP contribution in [0.2, 0.25) is 5.02 Å². The SMILES string of the molecule is Cc1ccc(Cn2cccc2/C=N/NC(=S)Nc2ccc(C)cc2Cl)cc1. The molecule has 4 nitrogen and oxygen atoms in total. The Kier molecular flexibility index (Phi) is 6.27. The predicted octanol–water partition coefficient (Wildman–Crippen LogP) is 5.13. The fraction of sp³-hybridized carbons (Fsp3) is 0.143. The van der Waals surface area contributed by atoms with E-state index in [2.05, 4.69) is 51.6 Å². The molecule has 0 radical (unpaired) electrons. The maximum atomic E-state index is 6.20. The highest BCUT2D eigenvalue weighted by Gasteiger charge is 2.03. The summed E-state index contributed by atoms with van der Waals surface area (Å²) in [7, 11) is 0. The maximum Gasteiger partial charge on any atom is 0.191 e. The third-order valence-electron chi connectivity index (χ3n) is 4.07. The van der Waals surface area contributed by atoms with E-state index in [-0.39, 0.29) is 0 Å². The third kappa shape index (κ3) is 5.42. The van der Waals surface area contributed by atoms with Crippen molar-refractivity contribution in [2.24, 2.45) is 5.10 Å². The van der Waals surface area contributed by atoms with Crippen molar-refractivity contribution in [3.63, 3.8) is 0 Å². The van der Waals surface area contributed by atoms with Crippen LogP contribution in [0.25, 0.3) is 0 Å². The van der Waals surface area contributed by atoms with Crippen LogP contribution in [-0.2, 0) is 6.54 Å². The molecule has 3 rings (SSSR count). The van der Waals surface area contributed by atoms with Crippen molar-refractivity contribution in [3.05, 3.63) is 88.2 Å². The summed E-state index contributed by atoms with van der Waals surface area (Å²) in [6.07, 6.45) is 3.78. The number of anilines is 1. The van der Waals surface area contributed by atoms with E-state index in [0.29, 0.717) is 10.1 Å². The normalized spacial score (nSPS) is 10.9. The van der Waals surface area contributed by atoms with Gasteiger partial charge in [0, 0.05) is 12.7 Å². The van der Waals surface area contributed by atoms with Crippen molar-refractivity contribution < 1.29 is 0 Å². The summed E-state index contributed by atoms with van der Waals surface area (Å²) in [5.41, 5.74) is 8.15. The van der Waals surface area contributed by atoms with Crippen LogP contribution < -0.4 is 10.7 Å². The molecule has 3 aromatic rings. The third-order valence-corrected chi connectivity index (χ3v) is 4.58. The molecule has 0 spiro atoms. The Morgan fingerprint density at radius 2 is 1.85 bits per heavy atom. The highest BCUT2D eigenvalue weighted by atomic mass is 35.5. The van der Waals surface area contributed by atoms with E-state index >= 15 is 0 Å². The minimum atomic E-state index is 0.383. The van der Waals surface area contributed by atoms with Crippen LogP contribution in [0.3, 0.4) is 0 Å². The van der Waals surface area contributed by atoms with Crippen LogP contribution in [0.5, 0.6) is 0 Å². The molecule has 27 heavy (non-hydrogen) atoms. The number of hydrogen-bond acceptors (Lipinski definition) is 2. The van der Waals surface area contributed by atoms with Gasteiger partial charge in [0.15, 0.2) is 5.11 Å². The summed E-state index contributed by atoms with van der Waals surface area (Å²) in [5, 5.41) is 8.28. The molecule has 0 aliphatic rings. The van der Waals surface area contributed by atoms with Gasteiger partial charge in [-0.05, 0) is 61.5 Å². The fourth-order valence-electron chi connectivity index (χ4n) is 2.61. The first-order valence-electron chi connectivity index (χ1n) is 8.58. The van der Waals surface area contributed by atoms with Crippen LogP contribution in [0, 0.1) is 13.8 Å². The molecule has 0 amide bonds. The lowest BCUT2D eigenvalue weighted by molar-refractivity contribution is 0.798. The quantitative estimate of drug-likeness (QED) is 0.357. The second kappa shape index (κ2) is 8.84. The lowest BCUT2D eigenvalue weighted by atomic mass is 10.1. The molecule has 0 saturated heterocycles. The van der Waals surface area contributed by atoms with Gasteiger partial charge in [-0.3, -0.25) is 5.43 Å². The molecule has 1 aromatic heterocycles. The molecule has 0 fully saturated rings. The van der Waals surface area contributed by atoms with E-state index < -0.39 is 0 Å². The first-order chi connectivity index (χ1) is 13.0. The molecule has 1 heterocycles. The van der Waals surface area contributed by atoms with Gasteiger partial charge in [-0.25, -0.2) is 0 Å². The van der Waals surface area contributed by atoms with E-state index in [9.17, 15) is 0 Å². The van der Waals surface area contributed by atoms with Crippen molar-refractivity contribution in [1.29, 1.82) is 0 Å². The highest BCUT2D eigenvalue weighted by Crippen LogP contribution is 2.22. The Morgan fingerprint density at radius 1 is 1.11 bits per heavy atom. The largest absolute Gasteiger partial charge is 0.342 e. The molecule has 0 aliphatic carbocycles. The molecule has 0 atom stereocenters. The number of rotatable bonds is 5. The Bertz CT molecular complexity index is 961. The molecule has 0 aliphatic heterocycles. The molecular formula is C21H21ClN4S. The molecule has 0 bridgehead atoms. The van der Waals surface area contributed by atoms with E-state index in [1.165, 1.54) is 11.1 Å². The lowest BCUT2D eigenvalue weighted by Gasteiger charge is -2.10. The summed E-state index contributed by atoms with van der Waals surface area (Å²) in [4.78, 5) is 0. The Labute approximate surface area is 169 Å². The number of aromatic nitrogens is 1. The van der Waals surface area contributed by atoms with Gasteiger partial charge in [-0.1, -0.05) is 47.5 Å². The number of nitrogens with zero attached hydrogens (tertiary/aromatic N) is 2. The lowest BCUT2D eigenvalue weighted by Crippen LogP contribution is -2.24. The smallest absolute Gasteiger partial charge is 0.191 e. The first-order valence-corrected chi connectivity index (χ1v) is 9.37. The number of nitrogens with one attached hydrogen (secondary N) is 2. The zero-order valence-corrected chi connectivity index (χ0v) is 16.8. The van der Waals surface area contributed by atoms with Crippen LogP contribution in [-0.4, -0.2) is 15.9 Å². The minimum absolute atomic E-state index is 0.383. The molecule has 2 aromatic carbocycles. The molecule has 6 heteroatoms. The van der Waals surface area contributed by atoms with Crippen LogP contribution in [0.4, 0.5) is 5.69 Å². The average Bonchev–Trinajstić information content (AvgIpc) is 3.06. The zero-order chi connectivity index (χ0) is 19.2. The average molecular weight is 397 g/mol. The molecule has 0 saturated carbocycles. The standard InChI is InChI=1S/C21H21ClN4S/c1-15-5-8-17(9-6-15)14-26-11-3-4-18(26)13-23-25-21(27)24-20-10-7-16(2)12-19(20)22/h3-13H,14H2,1-2H3,(H2,24,25,27)/b23-13+. The van der Waals surface area contributed by atoms with E-state index in [4.69, 9.17) is 23.8 Å². The number of halogens is 1. The van der Waals surface area contributed by atoms with Crippen molar-refractivity contribution in [2.45, 2.75) is 20.4 Å². The van der Waals surface area contributed by atoms with E-state index in [1.807, 2.05) is 43.5 Å². The fourth-order valence-corrected chi connectivity index (χ4v) is 3.05.